The summed E-state index contributed by atoms with van der Waals surface area (Å²) in [5, 5.41) is 13.6. The second-order valence-corrected chi connectivity index (χ2v) is 7.12. The van der Waals surface area contributed by atoms with Gasteiger partial charge in [0.05, 0.1) is 5.69 Å². The zero-order valence-electron chi connectivity index (χ0n) is 14.3. The van der Waals surface area contributed by atoms with E-state index in [1.807, 2.05) is 29.8 Å². The first-order chi connectivity index (χ1) is 12.3. The van der Waals surface area contributed by atoms with Gasteiger partial charge in [-0.3, -0.25) is 0 Å². The van der Waals surface area contributed by atoms with Crippen LogP contribution >= 0.6 is 0 Å². The van der Waals surface area contributed by atoms with Crippen LogP contribution in [-0.2, 0) is 0 Å². The molecule has 0 spiro atoms. The number of piperidine rings is 1. The van der Waals surface area contributed by atoms with E-state index in [1.165, 1.54) is 18.5 Å². The highest BCUT2D eigenvalue weighted by atomic mass is 15.4. The van der Waals surface area contributed by atoms with E-state index in [1.54, 1.807) is 0 Å². The maximum atomic E-state index is 4.81. The minimum Gasteiger partial charge on any atom is -0.341 e. The third-order valence-electron chi connectivity index (χ3n) is 5.23. The molecule has 0 amide bonds. The lowest BCUT2D eigenvalue weighted by Crippen LogP contribution is -2.34. The fourth-order valence-corrected chi connectivity index (χ4v) is 3.60. The Kier molecular flexibility index (Phi) is 3.39. The molecular weight excluding hydrogens is 314 g/mol. The molecule has 2 fully saturated rings. The van der Waals surface area contributed by atoms with Gasteiger partial charge < -0.3 is 4.90 Å². The number of hydrogen-bond acceptors (Lipinski definition) is 6. The van der Waals surface area contributed by atoms with Crippen molar-refractivity contribution in [3.05, 3.63) is 41.6 Å². The number of fused-ring (bicyclic) bond motifs is 1. The first-order valence-corrected chi connectivity index (χ1v) is 9.05. The minimum absolute atomic E-state index is 0.387. The third kappa shape index (κ3) is 2.73. The SMILES string of the molecule is Cc1ccnc(N2CCC(c3nnc4ccc(C5CC5)nn34)CC2)n1. The fraction of sp³-hybridized carbons (Fsp3) is 0.500. The van der Waals surface area contributed by atoms with Crippen molar-refractivity contribution in [1.82, 2.24) is 29.8 Å². The maximum absolute atomic E-state index is 4.81. The van der Waals surface area contributed by atoms with Crippen molar-refractivity contribution in [1.29, 1.82) is 0 Å². The van der Waals surface area contributed by atoms with Gasteiger partial charge in [0.25, 0.3) is 0 Å². The van der Waals surface area contributed by atoms with Crippen LogP contribution in [0.15, 0.2) is 24.4 Å². The van der Waals surface area contributed by atoms with E-state index in [9.17, 15) is 0 Å². The van der Waals surface area contributed by atoms with Crippen molar-refractivity contribution in [3.63, 3.8) is 0 Å². The second-order valence-electron chi connectivity index (χ2n) is 7.12. The smallest absolute Gasteiger partial charge is 0.225 e. The third-order valence-corrected chi connectivity index (χ3v) is 5.23. The van der Waals surface area contributed by atoms with Crippen LogP contribution in [0, 0.1) is 6.92 Å². The molecule has 4 heterocycles. The molecule has 1 saturated heterocycles. The van der Waals surface area contributed by atoms with Crippen LogP contribution in [-0.4, -0.2) is 42.9 Å². The quantitative estimate of drug-likeness (QED) is 0.732. The van der Waals surface area contributed by atoms with Crippen LogP contribution < -0.4 is 4.90 Å². The first-order valence-electron chi connectivity index (χ1n) is 9.05. The molecule has 0 bridgehead atoms. The van der Waals surface area contributed by atoms with E-state index < -0.39 is 0 Å². The van der Waals surface area contributed by atoms with Gasteiger partial charge in [0.2, 0.25) is 5.95 Å². The molecule has 128 valence electrons. The van der Waals surface area contributed by atoms with Gasteiger partial charge >= 0.3 is 0 Å². The minimum atomic E-state index is 0.387. The summed E-state index contributed by atoms with van der Waals surface area (Å²) in [4.78, 5) is 11.2. The second kappa shape index (κ2) is 5.75. The molecule has 0 radical (unpaired) electrons. The van der Waals surface area contributed by atoms with Crippen molar-refractivity contribution in [2.24, 2.45) is 0 Å². The molecule has 3 aromatic rings. The summed E-state index contributed by atoms with van der Waals surface area (Å²) in [5.41, 5.74) is 3.04. The molecule has 7 nitrogen and oxygen atoms in total. The molecule has 7 heteroatoms. The normalized spacial score (nSPS) is 18.8. The van der Waals surface area contributed by atoms with Crippen molar-refractivity contribution in [3.8, 4) is 0 Å². The Bertz CT molecular complexity index is 907. The van der Waals surface area contributed by atoms with Crippen LogP contribution in [0.2, 0.25) is 0 Å². The van der Waals surface area contributed by atoms with Gasteiger partial charge in [0.15, 0.2) is 11.5 Å². The Balaban J connectivity index is 1.37. The number of hydrogen-bond donors (Lipinski definition) is 0. The van der Waals surface area contributed by atoms with Gasteiger partial charge in [-0.25, -0.2) is 9.97 Å². The van der Waals surface area contributed by atoms with Crippen LogP contribution in [0.5, 0.6) is 0 Å². The molecule has 5 rings (SSSR count). The summed E-state index contributed by atoms with van der Waals surface area (Å²) in [7, 11) is 0. The molecule has 0 unspecified atom stereocenters. The molecule has 1 aliphatic heterocycles. The molecule has 3 aromatic heterocycles. The summed E-state index contributed by atoms with van der Waals surface area (Å²) in [5.74, 6) is 2.86. The summed E-state index contributed by atoms with van der Waals surface area (Å²) in [6.07, 6.45) is 6.38. The Hall–Kier alpha value is -2.57. The predicted molar refractivity (Wildman–Crippen MR) is 93.7 cm³/mol. The van der Waals surface area contributed by atoms with E-state index in [-0.39, 0.29) is 0 Å². The zero-order valence-corrected chi connectivity index (χ0v) is 14.3. The van der Waals surface area contributed by atoms with E-state index in [0.29, 0.717) is 11.8 Å². The standard InChI is InChI=1S/C18H21N7/c1-12-6-9-19-18(20-12)24-10-7-14(8-11-24)17-22-21-16-5-4-15(13-2-3-13)23-25(16)17/h4-6,9,13-14H,2-3,7-8,10-11H2,1H3. The van der Waals surface area contributed by atoms with E-state index >= 15 is 0 Å². The number of aryl methyl sites for hydroxylation is 1. The Labute approximate surface area is 146 Å². The lowest BCUT2D eigenvalue weighted by molar-refractivity contribution is 0.471. The van der Waals surface area contributed by atoms with E-state index in [4.69, 9.17) is 5.10 Å². The largest absolute Gasteiger partial charge is 0.341 e. The monoisotopic (exact) mass is 335 g/mol. The van der Waals surface area contributed by atoms with Crippen LogP contribution in [0.4, 0.5) is 5.95 Å². The van der Waals surface area contributed by atoms with E-state index in [0.717, 1.165) is 49.0 Å². The summed E-state index contributed by atoms with van der Waals surface area (Å²) in [6, 6.07) is 6.08. The number of nitrogens with zero attached hydrogens (tertiary/aromatic N) is 7. The van der Waals surface area contributed by atoms with Gasteiger partial charge in [0, 0.05) is 36.8 Å². The van der Waals surface area contributed by atoms with E-state index in [2.05, 4.69) is 31.1 Å². The summed E-state index contributed by atoms with van der Waals surface area (Å²) >= 11 is 0. The lowest BCUT2D eigenvalue weighted by atomic mass is 9.96. The highest BCUT2D eigenvalue weighted by Gasteiger charge is 2.28. The fourth-order valence-electron chi connectivity index (χ4n) is 3.60. The van der Waals surface area contributed by atoms with Crippen molar-refractivity contribution in [2.45, 2.75) is 44.4 Å². The van der Waals surface area contributed by atoms with Crippen molar-refractivity contribution < 1.29 is 0 Å². The lowest BCUT2D eigenvalue weighted by Gasteiger charge is -2.31. The molecule has 2 aliphatic rings. The number of rotatable bonds is 3. The molecule has 0 atom stereocenters. The van der Waals surface area contributed by atoms with Gasteiger partial charge in [0.1, 0.15) is 0 Å². The van der Waals surface area contributed by atoms with Gasteiger partial charge in [-0.05, 0) is 50.8 Å². The number of anilines is 1. The van der Waals surface area contributed by atoms with Gasteiger partial charge in [-0.1, -0.05) is 0 Å². The summed E-state index contributed by atoms with van der Waals surface area (Å²) in [6.45, 7) is 3.88. The Morgan fingerprint density at radius 3 is 2.56 bits per heavy atom. The summed E-state index contributed by atoms with van der Waals surface area (Å²) < 4.78 is 1.97. The topological polar surface area (TPSA) is 72.1 Å². The number of aromatic nitrogens is 6. The van der Waals surface area contributed by atoms with Crippen molar-refractivity contribution >= 4 is 11.6 Å². The molecule has 25 heavy (non-hydrogen) atoms. The average Bonchev–Trinajstić information content (AvgIpc) is 3.41. The van der Waals surface area contributed by atoms with Gasteiger partial charge in [-0.2, -0.15) is 9.61 Å². The zero-order chi connectivity index (χ0) is 16.8. The molecule has 1 aliphatic carbocycles. The predicted octanol–water partition coefficient (Wildman–Crippen LogP) is 2.48. The molecule has 0 aromatic carbocycles. The van der Waals surface area contributed by atoms with Gasteiger partial charge in [-0.15, -0.1) is 10.2 Å². The first kappa shape index (κ1) is 14.7. The molecule has 0 N–H and O–H groups in total. The van der Waals surface area contributed by atoms with Crippen LogP contribution in [0.25, 0.3) is 5.65 Å². The molecule has 1 saturated carbocycles. The molecular formula is C18H21N7. The highest BCUT2D eigenvalue weighted by molar-refractivity contribution is 5.38. The van der Waals surface area contributed by atoms with Crippen molar-refractivity contribution in [2.75, 3.05) is 18.0 Å². The highest BCUT2D eigenvalue weighted by Crippen LogP contribution is 2.39. The van der Waals surface area contributed by atoms with Crippen LogP contribution in [0.3, 0.4) is 0 Å². The Morgan fingerprint density at radius 1 is 0.960 bits per heavy atom. The Morgan fingerprint density at radius 2 is 1.80 bits per heavy atom. The average molecular weight is 335 g/mol. The van der Waals surface area contributed by atoms with Crippen LogP contribution in [0.1, 0.15) is 54.7 Å². The maximum Gasteiger partial charge on any atom is 0.225 e.